The largest absolute Gasteiger partial charge is 0.507 e. The van der Waals surface area contributed by atoms with E-state index in [9.17, 15) is 14.7 Å². The molecule has 5 rings (SSSR count). The lowest BCUT2D eigenvalue weighted by atomic mass is 9.94. The zero-order valence-corrected chi connectivity index (χ0v) is 23.6. The van der Waals surface area contributed by atoms with Crippen LogP contribution in [0.15, 0.2) is 48.0 Å². The molecule has 3 aliphatic heterocycles. The molecule has 2 aromatic rings. The summed E-state index contributed by atoms with van der Waals surface area (Å²) in [5.74, 6) is 0.0816. The second-order valence-corrected chi connectivity index (χ2v) is 10.9. The lowest BCUT2D eigenvalue weighted by Gasteiger charge is -2.29. The van der Waals surface area contributed by atoms with Gasteiger partial charge in [-0.15, -0.1) is 0 Å². The molecular weight excluding hydrogens is 508 g/mol. The van der Waals surface area contributed by atoms with E-state index in [2.05, 4.69) is 11.8 Å². The summed E-state index contributed by atoms with van der Waals surface area (Å²) in [4.78, 5) is 30.9. The third-order valence-corrected chi connectivity index (χ3v) is 7.88. The molecule has 2 fully saturated rings. The number of morpholine rings is 1. The molecule has 0 aliphatic carbocycles. The molecule has 3 aliphatic rings. The van der Waals surface area contributed by atoms with Crippen molar-refractivity contribution in [3.8, 4) is 11.5 Å². The predicted molar refractivity (Wildman–Crippen MR) is 153 cm³/mol. The van der Waals surface area contributed by atoms with E-state index in [1.165, 1.54) is 0 Å². The lowest BCUT2D eigenvalue weighted by Crippen LogP contribution is -2.38. The van der Waals surface area contributed by atoms with Crippen LogP contribution >= 0.6 is 0 Å². The number of ketones is 1. The summed E-state index contributed by atoms with van der Waals surface area (Å²) in [6.45, 7) is 9.10. The fraction of sp³-hybridized carbons (Fsp3) is 0.500. The second-order valence-electron chi connectivity index (χ2n) is 10.9. The molecule has 214 valence electrons. The number of unbranched alkanes of at least 4 members (excludes halogenated alkanes) is 2. The van der Waals surface area contributed by atoms with Crippen molar-refractivity contribution in [1.29, 1.82) is 0 Å². The van der Waals surface area contributed by atoms with Gasteiger partial charge in [-0.2, -0.15) is 0 Å². The number of aliphatic hydroxyl groups excluding tert-OH is 1. The molecule has 1 N–H and O–H groups in total. The van der Waals surface area contributed by atoms with Crippen LogP contribution in [0.1, 0.15) is 62.3 Å². The molecule has 0 bridgehead atoms. The molecule has 0 saturated carbocycles. The maximum absolute atomic E-state index is 13.5. The number of hydrogen-bond donors (Lipinski definition) is 1. The molecular formula is C32H40N2O6. The van der Waals surface area contributed by atoms with Gasteiger partial charge in [-0.3, -0.25) is 14.5 Å². The normalized spacial score (nSPS) is 22.4. The van der Waals surface area contributed by atoms with Crippen LogP contribution in [0.5, 0.6) is 11.5 Å². The third kappa shape index (κ3) is 6.18. The Balaban J connectivity index is 1.46. The molecule has 8 heteroatoms. The van der Waals surface area contributed by atoms with Gasteiger partial charge in [0.15, 0.2) is 0 Å². The Kier molecular flexibility index (Phi) is 9.07. The zero-order chi connectivity index (χ0) is 28.1. The SMILES string of the molecule is CCCCCOc1cccc([C@@H]2/C(=C(\O)c3ccc4c(c3)C[C@H](C)O4)C(=O)C(=O)N2CCCN2CCOCC2)c1. The average molecular weight is 549 g/mol. The van der Waals surface area contributed by atoms with Gasteiger partial charge < -0.3 is 24.2 Å². The van der Waals surface area contributed by atoms with Crippen LogP contribution in [0.3, 0.4) is 0 Å². The number of likely N-dealkylation sites (tertiary alicyclic amines) is 1. The Bertz CT molecular complexity index is 1250. The molecule has 0 unspecified atom stereocenters. The van der Waals surface area contributed by atoms with Gasteiger partial charge in [0.1, 0.15) is 23.4 Å². The number of nitrogens with zero attached hydrogens (tertiary/aromatic N) is 2. The van der Waals surface area contributed by atoms with Crippen molar-refractivity contribution in [2.24, 2.45) is 0 Å². The summed E-state index contributed by atoms with van der Waals surface area (Å²) in [6.07, 6.45) is 4.66. The van der Waals surface area contributed by atoms with E-state index in [0.29, 0.717) is 44.1 Å². The molecule has 2 saturated heterocycles. The summed E-state index contributed by atoms with van der Waals surface area (Å²) < 4.78 is 17.3. The van der Waals surface area contributed by atoms with Crippen molar-refractivity contribution in [1.82, 2.24) is 9.80 Å². The number of carbonyl (C=O) groups is 2. The fourth-order valence-corrected chi connectivity index (χ4v) is 5.79. The van der Waals surface area contributed by atoms with E-state index in [4.69, 9.17) is 14.2 Å². The number of hydrogen-bond acceptors (Lipinski definition) is 7. The Labute approximate surface area is 236 Å². The fourth-order valence-electron chi connectivity index (χ4n) is 5.79. The number of rotatable bonds is 11. The van der Waals surface area contributed by atoms with Crippen molar-refractivity contribution in [3.05, 3.63) is 64.7 Å². The standard InChI is InChI=1S/C32H40N2O6/c1-3-4-5-16-39-26-9-6-8-23(21-26)29-28(30(35)24-10-11-27-25(20-24)19-22(2)40-27)31(36)32(37)34(29)13-7-12-33-14-17-38-18-15-33/h6,8-11,20-22,29,35H,3-5,7,12-19H2,1-2H3/b30-28+/t22-,29+/m0/s1. The first-order valence-electron chi connectivity index (χ1n) is 14.6. The number of fused-ring (bicyclic) bond motifs is 1. The molecule has 8 nitrogen and oxygen atoms in total. The second kappa shape index (κ2) is 12.9. The van der Waals surface area contributed by atoms with Crippen molar-refractivity contribution >= 4 is 17.4 Å². The van der Waals surface area contributed by atoms with Gasteiger partial charge in [-0.1, -0.05) is 31.9 Å². The summed E-state index contributed by atoms with van der Waals surface area (Å²) in [7, 11) is 0. The van der Waals surface area contributed by atoms with Gasteiger partial charge >= 0.3 is 0 Å². The number of ether oxygens (including phenoxy) is 3. The van der Waals surface area contributed by atoms with Crippen LogP contribution in [-0.4, -0.2) is 78.7 Å². The van der Waals surface area contributed by atoms with Crippen LogP contribution < -0.4 is 9.47 Å². The zero-order valence-electron chi connectivity index (χ0n) is 23.6. The monoisotopic (exact) mass is 548 g/mol. The average Bonchev–Trinajstić information content (AvgIpc) is 3.46. The van der Waals surface area contributed by atoms with Gasteiger partial charge in [-0.05, 0) is 61.2 Å². The van der Waals surface area contributed by atoms with Crippen molar-refractivity contribution in [2.75, 3.05) is 46.0 Å². The number of carbonyl (C=O) groups excluding carboxylic acids is 2. The van der Waals surface area contributed by atoms with Gasteiger partial charge in [-0.25, -0.2) is 0 Å². The van der Waals surface area contributed by atoms with E-state index < -0.39 is 17.7 Å². The number of benzene rings is 2. The van der Waals surface area contributed by atoms with Gasteiger partial charge in [0.2, 0.25) is 0 Å². The molecule has 2 aromatic carbocycles. The van der Waals surface area contributed by atoms with E-state index >= 15 is 0 Å². The molecule has 0 aromatic heterocycles. The maximum Gasteiger partial charge on any atom is 0.295 e. The molecule has 0 spiro atoms. The third-order valence-electron chi connectivity index (χ3n) is 7.88. The highest BCUT2D eigenvalue weighted by Crippen LogP contribution is 2.41. The summed E-state index contributed by atoms with van der Waals surface area (Å²) >= 11 is 0. The highest BCUT2D eigenvalue weighted by molar-refractivity contribution is 6.46. The predicted octanol–water partition coefficient (Wildman–Crippen LogP) is 4.72. The Morgan fingerprint density at radius 3 is 2.67 bits per heavy atom. The smallest absolute Gasteiger partial charge is 0.295 e. The molecule has 2 atom stereocenters. The number of Topliss-reactive ketones (excluding diaryl/α,β-unsaturated/α-hetero) is 1. The Morgan fingerprint density at radius 1 is 1.05 bits per heavy atom. The molecule has 0 radical (unpaired) electrons. The van der Waals surface area contributed by atoms with Crippen LogP contribution in [0.25, 0.3) is 5.76 Å². The summed E-state index contributed by atoms with van der Waals surface area (Å²) in [6, 6.07) is 12.3. The first-order valence-corrected chi connectivity index (χ1v) is 14.6. The van der Waals surface area contributed by atoms with E-state index in [0.717, 1.165) is 62.2 Å². The Hall–Kier alpha value is -3.36. The first kappa shape index (κ1) is 28.2. The minimum absolute atomic E-state index is 0.0597. The molecule has 3 heterocycles. The minimum atomic E-state index is -0.702. The van der Waals surface area contributed by atoms with Crippen LogP contribution in [-0.2, 0) is 20.7 Å². The van der Waals surface area contributed by atoms with Gasteiger partial charge in [0.25, 0.3) is 11.7 Å². The Morgan fingerprint density at radius 2 is 1.88 bits per heavy atom. The van der Waals surface area contributed by atoms with E-state index in [1.807, 2.05) is 43.3 Å². The minimum Gasteiger partial charge on any atom is -0.507 e. The van der Waals surface area contributed by atoms with Gasteiger partial charge in [0.05, 0.1) is 31.4 Å². The van der Waals surface area contributed by atoms with E-state index in [-0.39, 0.29) is 17.4 Å². The lowest BCUT2D eigenvalue weighted by molar-refractivity contribution is -0.140. The highest BCUT2D eigenvalue weighted by Gasteiger charge is 2.46. The van der Waals surface area contributed by atoms with Crippen LogP contribution in [0.2, 0.25) is 0 Å². The molecule has 40 heavy (non-hydrogen) atoms. The maximum atomic E-state index is 13.5. The number of aliphatic hydroxyl groups is 1. The highest BCUT2D eigenvalue weighted by atomic mass is 16.5. The van der Waals surface area contributed by atoms with E-state index in [1.54, 1.807) is 11.0 Å². The number of amides is 1. The topological polar surface area (TPSA) is 88.5 Å². The van der Waals surface area contributed by atoms with Crippen LogP contribution in [0, 0.1) is 0 Å². The van der Waals surface area contributed by atoms with Crippen molar-refractivity contribution in [2.45, 2.75) is 58.1 Å². The summed E-state index contributed by atoms with van der Waals surface area (Å²) in [5.41, 5.74) is 2.36. The first-order chi connectivity index (χ1) is 19.5. The van der Waals surface area contributed by atoms with Crippen molar-refractivity contribution in [3.63, 3.8) is 0 Å². The van der Waals surface area contributed by atoms with Crippen molar-refractivity contribution < 1.29 is 28.9 Å². The van der Waals surface area contributed by atoms with Crippen LogP contribution in [0.4, 0.5) is 0 Å². The molecule has 1 amide bonds. The summed E-state index contributed by atoms with van der Waals surface area (Å²) in [5, 5.41) is 11.5. The quantitative estimate of drug-likeness (QED) is 0.188. The van der Waals surface area contributed by atoms with Gasteiger partial charge in [0, 0.05) is 38.2 Å².